The van der Waals surface area contributed by atoms with Crippen LogP contribution < -0.4 is 8.92 Å². The zero-order valence-corrected chi connectivity index (χ0v) is 24.0. The SMILES string of the molecule is C=C1CCC(C[Se]c2ccccc2)C(C([Se]c2ccccc2)=C(c2ccccc2)c2ccccc2)C1. The summed E-state index contributed by atoms with van der Waals surface area (Å²) in [4.78, 5) is 0. The number of allylic oxidation sites excluding steroid dienone is 2. The van der Waals surface area contributed by atoms with Crippen LogP contribution in [0.2, 0.25) is 5.32 Å². The molecule has 0 heterocycles. The van der Waals surface area contributed by atoms with Gasteiger partial charge < -0.3 is 0 Å². The predicted octanol–water partition coefficient (Wildman–Crippen LogP) is 6.90. The van der Waals surface area contributed by atoms with E-state index in [0.717, 1.165) is 6.42 Å². The van der Waals surface area contributed by atoms with Gasteiger partial charge >= 0.3 is 230 Å². The zero-order valence-electron chi connectivity index (χ0n) is 20.6. The average Bonchev–Trinajstić information content (AvgIpc) is 2.94. The first kappa shape index (κ1) is 25.1. The van der Waals surface area contributed by atoms with E-state index in [0.29, 0.717) is 26.8 Å². The summed E-state index contributed by atoms with van der Waals surface area (Å²) in [6, 6.07) is 44.4. The molecule has 4 aromatic carbocycles. The fourth-order valence-corrected chi connectivity index (χ4v) is 10.2. The van der Waals surface area contributed by atoms with E-state index < -0.39 is 0 Å². The van der Waals surface area contributed by atoms with Crippen molar-refractivity contribution in [2.75, 3.05) is 0 Å². The Bertz CT molecular complexity index is 1240. The van der Waals surface area contributed by atoms with E-state index in [4.69, 9.17) is 0 Å². The maximum atomic E-state index is 4.50. The van der Waals surface area contributed by atoms with Gasteiger partial charge in [0.05, 0.1) is 0 Å². The van der Waals surface area contributed by atoms with Crippen LogP contribution in [0.3, 0.4) is 0 Å². The second kappa shape index (κ2) is 12.6. The number of hydrogen-bond donors (Lipinski definition) is 0. The van der Waals surface area contributed by atoms with Crippen LogP contribution in [-0.2, 0) is 0 Å². The van der Waals surface area contributed by atoms with Gasteiger partial charge in [-0.15, -0.1) is 0 Å². The molecule has 0 N–H and O–H groups in total. The summed E-state index contributed by atoms with van der Waals surface area (Å²) < 4.78 is 4.60. The van der Waals surface area contributed by atoms with Gasteiger partial charge in [-0.2, -0.15) is 0 Å². The Morgan fingerprint density at radius 2 is 1.17 bits per heavy atom. The summed E-state index contributed by atoms with van der Waals surface area (Å²) in [5.41, 5.74) is 5.53. The number of rotatable bonds is 8. The Hall–Kier alpha value is -2.60. The maximum absolute atomic E-state index is 4.50. The number of benzene rings is 4. The van der Waals surface area contributed by atoms with Gasteiger partial charge in [-0.05, 0) is 0 Å². The molecule has 0 amide bonds. The normalized spacial score (nSPS) is 17.5. The first-order chi connectivity index (χ1) is 17.8. The van der Waals surface area contributed by atoms with Gasteiger partial charge in [0.2, 0.25) is 0 Å². The summed E-state index contributed by atoms with van der Waals surface area (Å²) >= 11 is 0.732. The second-order valence-electron chi connectivity index (χ2n) is 9.37. The summed E-state index contributed by atoms with van der Waals surface area (Å²) in [5.74, 6) is 1.23. The van der Waals surface area contributed by atoms with E-state index in [9.17, 15) is 0 Å². The molecule has 36 heavy (non-hydrogen) atoms. The molecule has 0 nitrogen and oxygen atoms in total. The predicted molar refractivity (Wildman–Crippen MR) is 157 cm³/mol. The molecule has 0 radical (unpaired) electrons. The summed E-state index contributed by atoms with van der Waals surface area (Å²) in [5, 5.41) is 1.29. The van der Waals surface area contributed by atoms with Gasteiger partial charge in [0.25, 0.3) is 0 Å². The van der Waals surface area contributed by atoms with E-state index in [1.807, 2.05) is 0 Å². The Balaban J connectivity index is 1.62. The quantitative estimate of drug-likeness (QED) is 0.153. The first-order valence-corrected chi connectivity index (χ1v) is 16.5. The van der Waals surface area contributed by atoms with Crippen molar-refractivity contribution in [2.45, 2.75) is 24.6 Å². The standard InChI is InChI=1S/C34H32Se2/c1-26-22-23-29(25-35-30-18-10-4-11-19-30)32(24-26)34(36-31-20-12-5-13-21-31)33(27-14-6-2-7-15-27)28-16-8-3-9-17-28/h2-21,29,32H,1,22-25H2. The van der Waals surface area contributed by atoms with Crippen molar-refractivity contribution in [3.63, 3.8) is 0 Å². The van der Waals surface area contributed by atoms with Crippen LogP contribution in [0.1, 0.15) is 30.4 Å². The van der Waals surface area contributed by atoms with Gasteiger partial charge in [-0.3, -0.25) is 0 Å². The molecule has 0 saturated heterocycles. The minimum absolute atomic E-state index is 0.239. The Kier molecular flexibility index (Phi) is 8.76. The van der Waals surface area contributed by atoms with E-state index in [1.165, 1.54) is 49.4 Å². The van der Waals surface area contributed by atoms with E-state index in [2.05, 4.69) is 128 Å². The molecule has 1 aliphatic carbocycles. The summed E-state index contributed by atoms with van der Waals surface area (Å²) in [7, 11) is 0. The van der Waals surface area contributed by atoms with Crippen LogP contribution in [0.5, 0.6) is 0 Å². The Labute approximate surface area is 228 Å². The molecule has 1 saturated carbocycles. The molecule has 0 bridgehead atoms. The van der Waals surface area contributed by atoms with Crippen molar-refractivity contribution in [1.82, 2.24) is 0 Å². The molecule has 2 unspecified atom stereocenters. The summed E-state index contributed by atoms with van der Waals surface area (Å²) in [6.07, 6.45) is 3.54. The Morgan fingerprint density at radius 1 is 0.667 bits per heavy atom. The van der Waals surface area contributed by atoms with Crippen molar-refractivity contribution >= 4 is 44.4 Å². The minimum atomic E-state index is 0.239. The first-order valence-electron chi connectivity index (χ1n) is 12.7. The Morgan fingerprint density at radius 3 is 1.72 bits per heavy atom. The number of hydrogen-bond acceptors (Lipinski definition) is 0. The third-order valence-corrected chi connectivity index (χ3v) is 11.9. The van der Waals surface area contributed by atoms with Crippen LogP contribution in [0.25, 0.3) is 5.57 Å². The molecule has 1 fully saturated rings. The molecule has 0 aromatic heterocycles. The molecule has 0 spiro atoms. The second-order valence-corrected chi connectivity index (χ2v) is 14.0. The average molecular weight is 599 g/mol. The summed E-state index contributed by atoms with van der Waals surface area (Å²) in [6.45, 7) is 4.50. The molecule has 5 rings (SSSR count). The van der Waals surface area contributed by atoms with Crippen LogP contribution in [-0.4, -0.2) is 29.9 Å². The topological polar surface area (TPSA) is 0 Å². The van der Waals surface area contributed by atoms with E-state index >= 15 is 0 Å². The molecular formula is C34H32Se2. The van der Waals surface area contributed by atoms with Crippen molar-refractivity contribution in [3.05, 3.63) is 149 Å². The fraction of sp³-hybridized carbons (Fsp3) is 0.176. The van der Waals surface area contributed by atoms with Crippen LogP contribution in [0.15, 0.2) is 138 Å². The van der Waals surface area contributed by atoms with Gasteiger partial charge in [0.1, 0.15) is 0 Å². The van der Waals surface area contributed by atoms with Crippen molar-refractivity contribution < 1.29 is 0 Å². The van der Waals surface area contributed by atoms with Crippen molar-refractivity contribution in [1.29, 1.82) is 0 Å². The van der Waals surface area contributed by atoms with Gasteiger partial charge in [0.15, 0.2) is 0 Å². The van der Waals surface area contributed by atoms with Crippen LogP contribution in [0, 0.1) is 11.8 Å². The van der Waals surface area contributed by atoms with Gasteiger partial charge in [0, 0.05) is 0 Å². The van der Waals surface area contributed by atoms with Crippen LogP contribution >= 0.6 is 0 Å². The molecule has 0 aliphatic heterocycles. The van der Waals surface area contributed by atoms with Crippen molar-refractivity contribution in [2.24, 2.45) is 11.8 Å². The van der Waals surface area contributed by atoms with E-state index in [-0.39, 0.29) is 15.0 Å². The fourth-order valence-electron chi connectivity index (χ4n) is 4.99. The zero-order chi connectivity index (χ0) is 24.6. The van der Waals surface area contributed by atoms with Gasteiger partial charge in [-0.1, -0.05) is 0 Å². The third kappa shape index (κ3) is 6.39. The molecule has 4 aromatic rings. The molecule has 180 valence electrons. The van der Waals surface area contributed by atoms with Crippen molar-refractivity contribution in [3.8, 4) is 0 Å². The monoisotopic (exact) mass is 600 g/mol. The van der Waals surface area contributed by atoms with E-state index in [1.54, 1.807) is 4.47 Å². The third-order valence-electron chi connectivity index (χ3n) is 6.83. The molecule has 1 aliphatic rings. The van der Waals surface area contributed by atoms with Crippen LogP contribution in [0.4, 0.5) is 0 Å². The molecule has 2 atom stereocenters. The van der Waals surface area contributed by atoms with Gasteiger partial charge in [-0.25, -0.2) is 0 Å². The molecular weight excluding hydrogens is 566 g/mol. The molecule has 2 heteroatoms.